The van der Waals surface area contributed by atoms with Crippen LogP contribution in [0.2, 0.25) is 0 Å². The maximum atomic E-state index is 12.0. The third-order valence-corrected chi connectivity index (χ3v) is 4.09. The average molecular weight is 384 g/mol. The Balaban J connectivity index is 1.96. The lowest BCUT2D eigenvalue weighted by molar-refractivity contribution is -0.116. The largest absolute Gasteiger partial charge is 0.506 e. The number of carbonyl (C=O) groups is 1. The number of nitrogens with one attached hydrogen (secondary N) is 1. The fourth-order valence-corrected chi connectivity index (χ4v) is 2.52. The second-order valence-corrected chi connectivity index (χ2v) is 5.90. The molecule has 0 aliphatic carbocycles. The van der Waals surface area contributed by atoms with Crippen LogP contribution in [-0.4, -0.2) is 35.3 Å². The summed E-state index contributed by atoms with van der Waals surface area (Å²) in [4.78, 5) is 16.0. The molecule has 1 heterocycles. The summed E-state index contributed by atoms with van der Waals surface area (Å²) < 4.78 is 10.4. The average Bonchev–Trinajstić information content (AvgIpc) is 2.71. The lowest BCUT2D eigenvalue weighted by Crippen LogP contribution is -2.21. The second kappa shape index (κ2) is 10.1. The van der Waals surface area contributed by atoms with Crippen molar-refractivity contribution >= 4 is 12.0 Å². The minimum atomic E-state index is -0.324. The molecule has 0 fully saturated rings. The number of aromatic nitrogens is 1. The monoisotopic (exact) mass is 384 g/mol. The zero-order valence-corrected chi connectivity index (χ0v) is 16.1. The van der Waals surface area contributed by atoms with Gasteiger partial charge in [0.15, 0.2) is 11.5 Å². The minimum absolute atomic E-state index is 0.0239. The molecule has 0 bridgehead atoms. The molecule has 0 aliphatic heterocycles. The van der Waals surface area contributed by atoms with Crippen LogP contribution in [0.3, 0.4) is 0 Å². The van der Waals surface area contributed by atoms with Crippen LogP contribution in [0.25, 0.3) is 6.08 Å². The summed E-state index contributed by atoms with van der Waals surface area (Å²) in [7, 11) is 3.14. The summed E-state index contributed by atoms with van der Waals surface area (Å²) in [6.07, 6.45) is 8.03. The van der Waals surface area contributed by atoms with Gasteiger partial charge in [0.1, 0.15) is 5.75 Å². The summed E-state index contributed by atoms with van der Waals surface area (Å²) in [5.41, 5.74) is 2.26. The van der Waals surface area contributed by atoms with E-state index in [-0.39, 0.29) is 24.8 Å². The quantitative estimate of drug-likeness (QED) is 0.478. The fraction of sp³-hybridized carbons (Fsp3) is 0.238. The van der Waals surface area contributed by atoms with E-state index in [1.165, 1.54) is 12.3 Å². The first-order chi connectivity index (χ1) is 13.5. The number of hydrogen-bond acceptors (Lipinski definition) is 6. The molecule has 0 aliphatic rings. The van der Waals surface area contributed by atoms with E-state index >= 15 is 0 Å². The Morgan fingerprint density at radius 3 is 2.64 bits per heavy atom. The summed E-state index contributed by atoms with van der Waals surface area (Å²) in [6.45, 7) is 1.48. The maximum absolute atomic E-state index is 12.0. The number of aliphatic hydroxyl groups excluding tert-OH is 1. The highest BCUT2D eigenvalue weighted by atomic mass is 16.5. The van der Waals surface area contributed by atoms with Crippen molar-refractivity contribution in [3.05, 3.63) is 65.0 Å². The molecule has 1 amide bonds. The summed E-state index contributed by atoms with van der Waals surface area (Å²) in [6, 6.07) is 5.50. The molecule has 1 aromatic carbocycles. The Kier molecular flexibility index (Phi) is 7.59. The van der Waals surface area contributed by atoms with Gasteiger partial charge in [0.05, 0.1) is 26.5 Å². The van der Waals surface area contributed by atoms with Crippen molar-refractivity contribution in [1.82, 2.24) is 10.3 Å². The van der Waals surface area contributed by atoms with Gasteiger partial charge >= 0.3 is 0 Å². The molecular weight excluding hydrogens is 360 g/mol. The number of carbonyl (C=O) groups excluding carboxylic acids is 1. The predicted molar refractivity (Wildman–Crippen MR) is 106 cm³/mol. The molecular formula is C21H24N2O5. The molecule has 28 heavy (non-hydrogen) atoms. The van der Waals surface area contributed by atoms with Gasteiger partial charge in [-0.2, -0.15) is 0 Å². The van der Waals surface area contributed by atoms with Gasteiger partial charge in [-0.15, -0.1) is 0 Å². The number of ether oxygens (including phenoxy) is 2. The molecule has 0 saturated heterocycles. The lowest BCUT2D eigenvalue weighted by Gasteiger charge is -2.11. The SMILES string of the molecule is COc1ccc(C=CC=CC(=O)NCc2c(CO)cnc(C)c2O)cc1OC. The van der Waals surface area contributed by atoms with Crippen LogP contribution >= 0.6 is 0 Å². The van der Waals surface area contributed by atoms with Gasteiger partial charge in [-0.1, -0.05) is 24.3 Å². The molecule has 1 aromatic heterocycles. The first-order valence-electron chi connectivity index (χ1n) is 8.62. The Morgan fingerprint density at radius 2 is 1.96 bits per heavy atom. The lowest BCUT2D eigenvalue weighted by atomic mass is 10.1. The minimum Gasteiger partial charge on any atom is -0.506 e. The topological polar surface area (TPSA) is 101 Å². The zero-order chi connectivity index (χ0) is 20.5. The fourth-order valence-electron chi connectivity index (χ4n) is 2.52. The van der Waals surface area contributed by atoms with E-state index < -0.39 is 0 Å². The molecule has 3 N–H and O–H groups in total. The second-order valence-electron chi connectivity index (χ2n) is 5.90. The smallest absolute Gasteiger partial charge is 0.244 e. The predicted octanol–water partition coefficient (Wildman–Crippen LogP) is 2.49. The van der Waals surface area contributed by atoms with Crippen LogP contribution in [0.15, 0.2) is 42.6 Å². The Bertz CT molecular complexity index is 891. The number of aliphatic hydroxyl groups is 1. The third-order valence-electron chi connectivity index (χ3n) is 4.09. The van der Waals surface area contributed by atoms with Crippen molar-refractivity contribution in [2.75, 3.05) is 14.2 Å². The number of methoxy groups -OCH3 is 2. The van der Waals surface area contributed by atoms with Gasteiger partial charge in [-0.25, -0.2) is 0 Å². The molecule has 148 valence electrons. The van der Waals surface area contributed by atoms with E-state index in [1.54, 1.807) is 39.4 Å². The highest BCUT2D eigenvalue weighted by Crippen LogP contribution is 2.28. The van der Waals surface area contributed by atoms with Crippen molar-refractivity contribution < 1.29 is 24.5 Å². The van der Waals surface area contributed by atoms with Gasteiger partial charge < -0.3 is 25.0 Å². The normalized spacial score (nSPS) is 11.1. The van der Waals surface area contributed by atoms with E-state index in [2.05, 4.69) is 10.3 Å². The molecule has 2 aromatic rings. The van der Waals surface area contributed by atoms with Crippen LogP contribution in [0.4, 0.5) is 0 Å². The molecule has 0 atom stereocenters. The standard InChI is InChI=1S/C21H24N2O5/c1-14-21(26)17(16(13-24)11-22-14)12-23-20(25)7-5-4-6-15-8-9-18(27-2)19(10-15)28-3/h4-11,24,26H,12-13H2,1-3H3,(H,23,25). The molecule has 0 unspecified atom stereocenters. The number of hydrogen-bond donors (Lipinski definition) is 3. The van der Waals surface area contributed by atoms with Gasteiger partial charge in [0.25, 0.3) is 0 Å². The molecule has 0 saturated carbocycles. The first-order valence-corrected chi connectivity index (χ1v) is 8.62. The molecule has 7 nitrogen and oxygen atoms in total. The maximum Gasteiger partial charge on any atom is 0.244 e. The number of pyridine rings is 1. The first kappa shape index (κ1) is 21.0. The van der Waals surface area contributed by atoms with E-state index in [9.17, 15) is 15.0 Å². The van der Waals surface area contributed by atoms with Crippen LogP contribution < -0.4 is 14.8 Å². The van der Waals surface area contributed by atoms with Crippen molar-refractivity contribution in [2.45, 2.75) is 20.1 Å². The van der Waals surface area contributed by atoms with E-state index in [0.29, 0.717) is 28.3 Å². The van der Waals surface area contributed by atoms with Crippen molar-refractivity contribution in [2.24, 2.45) is 0 Å². The Hall–Kier alpha value is -3.32. The van der Waals surface area contributed by atoms with E-state index in [0.717, 1.165) is 5.56 Å². The van der Waals surface area contributed by atoms with Crippen molar-refractivity contribution in [3.8, 4) is 17.2 Å². The third kappa shape index (κ3) is 5.34. The van der Waals surface area contributed by atoms with Gasteiger partial charge in [0, 0.05) is 29.9 Å². The molecule has 0 spiro atoms. The van der Waals surface area contributed by atoms with Crippen molar-refractivity contribution in [3.63, 3.8) is 0 Å². The van der Waals surface area contributed by atoms with Crippen LogP contribution in [0.5, 0.6) is 17.2 Å². The van der Waals surface area contributed by atoms with Gasteiger partial charge in [-0.3, -0.25) is 9.78 Å². The van der Waals surface area contributed by atoms with Crippen molar-refractivity contribution in [1.29, 1.82) is 0 Å². The number of allylic oxidation sites excluding steroid dienone is 2. The number of benzene rings is 1. The van der Waals surface area contributed by atoms with Crippen LogP contribution in [0, 0.1) is 6.92 Å². The molecule has 7 heteroatoms. The van der Waals surface area contributed by atoms with Crippen LogP contribution in [-0.2, 0) is 17.9 Å². The van der Waals surface area contributed by atoms with E-state index in [4.69, 9.17) is 9.47 Å². The number of amides is 1. The van der Waals surface area contributed by atoms with Gasteiger partial charge in [-0.05, 0) is 24.6 Å². The van der Waals surface area contributed by atoms with Crippen LogP contribution in [0.1, 0.15) is 22.4 Å². The van der Waals surface area contributed by atoms with E-state index in [1.807, 2.05) is 18.2 Å². The zero-order valence-electron chi connectivity index (χ0n) is 16.1. The number of aromatic hydroxyl groups is 1. The van der Waals surface area contributed by atoms with Gasteiger partial charge in [0.2, 0.25) is 5.91 Å². The number of nitrogens with zero attached hydrogens (tertiary/aromatic N) is 1. The highest BCUT2D eigenvalue weighted by Gasteiger charge is 2.11. The summed E-state index contributed by atoms with van der Waals surface area (Å²) in [5, 5.41) is 22.1. The Labute approximate surface area is 164 Å². The molecule has 2 rings (SSSR count). The molecule has 0 radical (unpaired) electrons. The Morgan fingerprint density at radius 1 is 1.21 bits per heavy atom. The highest BCUT2D eigenvalue weighted by molar-refractivity contribution is 5.87. The number of aryl methyl sites for hydroxylation is 1. The summed E-state index contributed by atoms with van der Waals surface area (Å²) in [5.74, 6) is 0.920. The summed E-state index contributed by atoms with van der Waals surface area (Å²) >= 11 is 0. The number of rotatable bonds is 8.